The van der Waals surface area contributed by atoms with Gasteiger partial charge >= 0.3 is 0 Å². The van der Waals surface area contributed by atoms with Crippen LogP contribution in [0, 0.1) is 9.49 Å². The number of nitrogens with one attached hydrogen (secondary N) is 1. The Labute approximate surface area is 262 Å². The second kappa shape index (κ2) is 14.1. The Balaban J connectivity index is 1.51. The Bertz CT molecular complexity index is 1360. The molecule has 4 atom stereocenters. The lowest BCUT2D eigenvalue weighted by molar-refractivity contribution is -0.143. The fraction of sp³-hybridized carbons (Fsp3) is 0.467. The van der Waals surface area contributed by atoms with E-state index in [-0.39, 0.29) is 52.0 Å². The van der Waals surface area contributed by atoms with Crippen LogP contribution in [-0.2, 0) is 27.5 Å². The third-order valence-electron chi connectivity index (χ3n) is 7.69. The molecular weight excluding hydrogens is 675 g/mol. The van der Waals surface area contributed by atoms with Crippen molar-refractivity contribution in [2.75, 3.05) is 40.3 Å². The molecule has 2 aromatic rings. The quantitative estimate of drug-likeness (QED) is 0.252. The van der Waals surface area contributed by atoms with Crippen LogP contribution >= 0.6 is 22.6 Å². The summed E-state index contributed by atoms with van der Waals surface area (Å²) in [5, 5.41) is 33.4. The lowest BCUT2D eigenvalue weighted by Gasteiger charge is -2.41. The van der Waals surface area contributed by atoms with E-state index in [9.17, 15) is 24.9 Å². The summed E-state index contributed by atoms with van der Waals surface area (Å²) in [5.74, 6) is 0.821. The Morgan fingerprint density at radius 3 is 2.67 bits per heavy atom. The first kappa shape index (κ1) is 31.3. The van der Waals surface area contributed by atoms with E-state index in [1.807, 2.05) is 6.07 Å². The number of aliphatic hydroxyl groups is 3. The van der Waals surface area contributed by atoms with Crippen LogP contribution in [0.2, 0.25) is 0 Å². The van der Waals surface area contributed by atoms with Gasteiger partial charge in [0.15, 0.2) is 23.0 Å². The van der Waals surface area contributed by atoms with Crippen LogP contribution in [0.4, 0.5) is 0 Å². The van der Waals surface area contributed by atoms with Gasteiger partial charge in [0.1, 0.15) is 12.2 Å². The van der Waals surface area contributed by atoms with E-state index in [4.69, 9.17) is 23.7 Å². The highest BCUT2D eigenvalue weighted by Crippen LogP contribution is 2.38. The molecule has 2 aromatic carbocycles. The minimum atomic E-state index is -1.23. The minimum Gasteiger partial charge on any atom is -0.493 e. The van der Waals surface area contributed by atoms with Crippen LogP contribution in [0.5, 0.6) is 23.0 Å². The highest BCUT2D eigenvalue weighted by atomic mass is 127. The average molecular weight is 711 g/mol. The molecule has 232 valence electrons. The van der Waals surface area contributed by atoms with Gasteiger partial charge in [-0.3, -0.25) is 9.59 Å². The number of rotatable bonds is 11. The Morgan fingerprint density at radius 1 is 1.14 bits per heavy atom. The van der Waals surface area contributed by atoms with Crippen molar-refractivity contribution in [3.8, 4) is 23.0 Å². The molecule has 0 spiro atoms. The fourth-order valence-electron chi connectivity index (χ4n) is 5.45. The summed E-state index contributed by atoms with van der Waals surface area (Å²) in [6.07, 6.45) is -0.119. The van der Waals surface area contributed by atoms with E-state index < -0.39 is 30.1 Å². The summed E-state index contributed by atoms with van der Waals surface area (Å²) >= 11 is 2.06. The number of nitrogens with zero attached hydrogens (tertiary/aromatic N) is 1. The first-order valence-corrected chi connectivity index (χ1v) is 15.1. The van der Waals surface area contributed by atoms with Crippen LogP contribution < -0.4 is 24.3 Å². The lowest BCUT2D eigenvalue weighted by atomic mass is 9.87. The summed E-state index contributed by atoms with van der Waals surface area (Å²) in [7, 11) is 1.47. The van der Waals surface area contributed by atoms with Gasteiger partial charge in [-0.2, -0.15) is 0 Å². The molecule has 2 amide bonds. The van der Waals surface area contributed by atoms with Crippen LogP contribution in [0.15, 0.2) is 42.0 Å². The molecule has 0 saturated carbocycles. The Morgan fingerprint density at radius 2 is 1.95 bits per heavy atom. The van der Waals surface area contributed by atoms with E-state index in [1.165, 1.54) is 7.11 Å². The van der Waals surface area contributed by atoms with Crippen molar-refractivity contribution in [1.29, 1.82) is 0 Å². The number of amides is 2. The molecule has 1 fully saturated rings. The number of benzene rings is 2. The standard InChI is InChI=1S/C30H35IN2O10/c1-39-26-10-18(14-35)8-21(31)28(26)43-25-12-20(29(37)32-5-6-34)11-22(27(25)36)33(30(38)19-4-7-40-15-19)13-17-2-3-23-24(9-17)42-16-41-23/h2-3,8-10,12,19,22,25,27,34-36H,4-7,11,13-16H2,1H3,(H,32,37). The molecule has 2 heterocycles. The predicted molar refractivity (Wildman–Crippen MR) is 161 cm³/mol. The van der Waals surface area contributed by atoms with Gasteiger partial charge in [0.2, 0.25) is 18.6 Å². The van der Waals surface area contributed by atoms with Crippen molar-refractivity contribution < 1.29 is 48.6 Å². The normalized spacial score (nSPS) is 22.6. The zero-order valence-electron chi connectivity index (χ0n) is 23.7. The number of hydrogen-bond donors (Lipinski definition) is 4. The molecule has 43 heavy (non-hydrogen) atoms. The van der Waals surface area contributed by atoms with Crippen molar-refractivity contribution >= 4 is 34.4 Å². The molecule has 4 unspecified atom stereocenters. The number of carbonyl (C=O) groups is 2. The van der Waals surface area contributed by atoms with E-state index in [0.29, 0.717) is 50.7 Å². The van der Waals surface area contributed by atoms with Gasteiger partial charge in [-0.1, -0.05) is 6.07 Å². The second-order valence-electron chi connectivity index (χ2n) is 10.5. The SMILES string of the molecule is COc1cc(CO)cc(I)c1OC1C=C(C(=O)NCCO)CC(N(Cc2ccc3c(c2)OCO3)C(=O)C2CCOC2)C1O. The number of aliphatic hydroxyl groups excluding tert-OH is 3. The van der Waals surface area contributed by atoms with Crippen LogP contribution in [0.1, 0.15) is 24.0 Å². The Kier molecular flexibility index (Phi) is 10.3. The average Bonchev–Trinajstić information content (AvgIpc) is 3.72. The molecule has 0 aromatic heterocycles. The highest BCUT2D eigenvalue weighted by molar-refractivity contribution is 14.1. The third kappa shape index (κ3) is 7.01. The predicted octanol–water partition coefficient (Wildman–Crippen LogP) is 1.50. The van der Waals surface area contributed by atoms with Crippen molar-refractivity contribution in [2.24, 2.45) is 5.92 Å². The third-order valence-corrected chi connectivity index (χ3v) is 8.49. The maximum absolute atomic E-state index is 14.0. The molecular formula is C30H35IN2O10. The monoisotopic (exact) mass is 710 g/mol. The van der Waals surface area contributed by atoms with Crippen molar-refractivity contribution in [1.82, 2.24) is 10.2 Å². The van der Waals surface area contributed by atoms with Gasteiger partial charge in [-0.15, -0.1) is 0 Å². The van der Waals surface area contributed by atoms with E-state index in [2.05, 4.69) is 27.9 Å². The fourth-order valence-corrected chi connectivity index (χ4v) is 6.25. The van der Waals surface area contributed by atoms with Crippen LogP contribution in [0.3, 0.4) is 0 Å². The van der Waals surface area contributed by atoms with E-state index >= 15 is 0 Å². The molecule has 1 saturated heterocycles. The number of methoxy groups -OCH3 is 1. The topological polar surface area (TPSA) is 156 Å². The lowest BCUT2D eigenvalue weighted by Crippen LogP contribution is -2.56. The molecule has 2 aliphatic heterocycles. The molecule has 5 rings (SSSR count). The second-order valence-corrected chi connectivity index (χ2v) is 11.7. The molecule has 3 aliphatic rings. The maximum atomic E-state index is 14.0. The molecule has 0 bridgehead atoms. The van der Waals surface area contributed by atoms with Crippen molar-refractivity contribution in [3.63, 3.8) is 0 Å². The molecule has 13 heteroatoms. The summed E-state index contributed by atoms with van der Waals surface area (Å²) in [5.41, 5.74) is 1.69. The summed E-state index contributed by atoms with van der Waals surface area (Å²) < 4.78 is 29.0. The largest absolute Gasteiger partial charge is 0.493 e. The van der Waals surface area contributed by atoms with Crippen LogP contribution in [-0.4, -0.2) is 90.6 Å². The maximum Gasteiger partial charge on any atom is 0.247 e. The number of halogens is 1. The van der Waals surface area contributed by atoms with Gasteiger partial charge in [0, 0.05) is 31.7 Å². The first-order chi connectivity index (χ1) is 20.8. The zero-order valence-corrected chi connectivity index (χ0v) is 25.8. The minimum absolute atomic E-state index is 0.0442. The molecule has 0 radical (unpaired) electrons. The number of hydrogen-bond acceptors (Lipinski definition) is 10. The zero-order chi connectivity index (χ0) is 30.5. The summed E-state index contributed by atoms with van der Waals surface area (Å²) in [6.45, 7) is 0.585. The van der Waals surface area contributed by atoms with Gasteiger partial charge in [0.05, 0.1) is 42.5 Å². The highest BCUT2D eigenvalue weighted by Gasteiger charge is 2.43. The van der Waals surface area contributed by atoms with Crippen LogP contribution in [0.25, 0.3) is 0 Å². The summed E-state index contributed by atoms with van der Waals surface area (Å²) in [4.78, 5) is 28.8. The molecule has 1 aliphatic carbocycles. The van der Waals surface area contributed by atoms with Gasteiger partial charge in [-0.05, 0) is 70.5 Å². The van der Waals surface area contributed by atoms with Gasteiger partial charge in [0.25, 0.3) is 0 Å². The number of carbonyl (C=O) groups excluding carboxylic acids is 2. The summed E-state index contributed by atoms with van der Waals surface area (Å²) in [6, 6.07) is 7.95. The molecule has 4 N–H and O–H groups in total. The number of ether oxygens (including phenoxy) is 5. The van der Waals surface area contributed by atoms with E-state index in [0.717, 1.165) is 5.56 Å². The van der Waals surface area contributed by atoms with Gasteiger partial charge in [-0.25, -0.2) is 0 Å². The van der Waals surface area contributed by atoms with Crippen molar-refractivity contribution in [2.45, 2.75) is 44.2 Å². The smallest absolute Gasteiger partial charge is 0.247 e. The number of fused-ring (bicyclic) bond motifs is 1. The first-order valence-electron chi connectivity index (χ1n) is 14.0. The molecule has 12 nitrogen and oxygen atoms in total. The Hall–Kier alpha value is -3.11. The van der Waals surface area contributed by atoms with Gasteiger partial charge < -0.3 is 49.2 Å². The van der Waals surface area contributed by atoms with Crippen molar-refractivity contribution in [3.05, 3.63) is 56.7 Å². The van der Waals surface area contributed by atoms with E-state index in [1.54, 1.807) is 35.2 Å².